The highest BCUT2D eigenvalue weighted by molar-refractivity contribution is 7.99. The van der Waals surface area contributed by atoms with E-state index in [0.29, 0.717) is 5.25 Å². The van der Waals surface area contributed by atoms with Gasteiger partial charge in [-0.3, -0.25) is 0 Å². The monoisotopic (exact) mass is 253 g/mol. The topological polar surface area (TPSA) is 21.3 Å². The Morgan fingerprint density at radius 3 is 2.59 bits per heavy atom. The Balaban J connectivity index is 2.51. The fourth-order valence-electron chi connectivity index (χ4n) is 1.51. The predicted octanol–water partition coefficient (Wildman–Crippen LogP) is 3.31. The zero-order valence-corrected chi connectivity index (χ0v) is 12.0. The third-order valence-corrected chi connectivity index (χ3v) is 3.46. The molecule has 0 aliphatic carbocycles. The van der Waals surface area contributed by atoms with Gasteiger partial charge in [0.1, 0.15) is 5.75 Å². The summed E-state index contributed by atoms with van der Waals surface area (Å²) in [7, 11) is 0. The normalized spacial score (nSPS) is 12.8. The molecule has 1 aromatic rings. The number of rotatable bonds is 7. The summed E-state index contributed by atoms with van der Waals surface area (Å²) in [5, 5.41) is 4.11. The lowest BCUT2D eigenvalue weighted by Crippen LogP contribution is -2.22. The lowest BCUT2D eigenvalue weighted by atomic mass is 10.2. The highest BCUT2D eigenvalue weighted by Crippen LogP contribution is 2.19. The van der Waals surface area contributed by atoms with Crippen molar-refractivity contribution in [2.75, 3.05) is 12.8 Å². The van der Waals surface area contributed by atoms with E-state index < -0.39 is 0 Å². The van der Waals surface area contributed by atoms with Crippen molar-refractivity contribution in [1.82, 2.24) is 5.32 Å². The zero-order chi connectivity index (χ0) is 12.7. The van der Waals surface area contributed by atoms with Crippen molar-refractivity contribution in [1.29, 1.82) is 0 Å². The molecule has 17 heavy (non-hydrogen) atoms. The first-order valence-corrected chi connectivity index (χ1v) is 7.40. The van der Waals surface area contributed by atoms with Crippen molar-refractivity contribution < 1.29 is 4.74 Å². The molecule has 0 aliphatic rings. The van der Waals surface area contributed by atoms with Crippen LogP contribution in [0.5, 0.6) is 5.75 Å². The fourth-order valence-corrected chi connectivity index (χ4v) is 1.80. The van der Waals surface area contributed by atoms with Gasteiger partial charge in [-0.2, -0.15) is 11.8 Å². The third-order valence-electron chi connectivity index (χ3n) is 2.48. The molecule has 0 spiro atoms. The molecule has 2 nitrogen and oxygen atoms in total. The molecule has 96 valence electrons. The summed E-state index contributed by atoms with van der Waals surface area (Å²) in [5.74, 6) is 0.992. The lowest BCUT2D eigenvalue weighted by molar-refractivity contribution is 0.239. The SMILES string of the molecule is CSC(C)CNCc1ccccc1OC(C)C. The zero-order valence-electron chi connectivity index (χ0n) is 11.2. The molecular weight excluding hydrogens is 230 g/mol. The van der Waals surface area contributed by atoms with Crippen molar-refractivity contribution in [3.8, 4) is 5.75 Å². The Morgan fingerprint density at radius 1 is 1.24 bits per heavy atom. The molecule has 0 amide bonds. The molecule has 0 aliphatic heterocycles. The Labute approximate surface area is 109 Å². The van der Waals surface area contributed by atoms with E-state index in [1.54, 1.807) is 0 Å². The minimum Gasteiger partial charge on any atom is -0.491 e. The van der Waals surface area contributed by atoms with Crippen molar-refractivity contribution >= 4 is 11.8 Å². The molecule has 0 heterocycles. The molecule has 1 unspecified atom stereocenters. The summed E-state index contributed by atoms with van der Waals surface area (Å²) in [5.41, 5.74) is 1.23. The third kappa shape index (κ3) is 5.46. The van der Waals surface area contributed by atoms with Crippen LogP contribution in [0.2, 0.25) is 0 Å². The smallest absolute Gasteiger partial charge is 0.124 e. The summed E-state index contributed by atoms with van der Waals surface area (Å²) < 4.78 is 5.78. The molecule has 0 bridgehead atoms. The first kappa shape index (κ1) is 14.4. The van der Waals surface area contributed by atoms with Crippen molar-refractivity contribution in [3.05, 3.63) is 29.8 Å². The Morgan fingerprint density at radius 2 is 1.94 bits per heavy atom. The van der Waals surface area contributed by atoms with Gasteiger partial charge in [0.15, 0.2) is 0 Å². The minimum absolute atomic E-state index is 0.223. The molecule has 0 radical (unpaired) electrons. The van der Waals surface area contributed by atoms with E-state index in [0.717, 1.165) is 18.8 Å². The van der Waals surface area contributed by atoms with Gasteiger partial charge in [0.05, 0.1) is 6.10 Å². The number of para-hydroxylation sites is 1. The van der Waals surface area contributed by atoms with E-state index in [1.165, 1.54) is 5.56 Å². The lowest BCUT2D eigenvalue weighted by Gasteiger charge is -2.15. The van der Waals surface area contributed by atoms with E-state index in [4.69, 9.17) is 4.74 Å². The van der Waals surface area contributed by atoms with Crippen molar-refractivity contribution in [3.63, 3.8) is 0 Å². The average molecular weight is 253 g/mol. The first-order chi connectivity index (χ1) is 8.13. The summed E-state index contributed by atoms with van der Waals surface area (Å²) >= 11 is 1.88. The largest absolute Gasteiger partial charge is 0.491 e. The van der Waals surface area contributed by atoms with Gasteiger partial charge < -0.3 is 10.1 Å². The number of benzene rings is 1. The summed E-state index contributed by atoms with van der Waals surface area (Å²) in [6, 6.07) is 8.23. The van der Waals surface area contributed by atoms with Crippen LogP contribution in [0.25, 0.3) is 0 Å². The first-order valence-electron chi connectivity index (χ1n) is 6.11. The highest BCUT2D eigenvalue weighted by Gasteiger charge is 2.05. The van der Waals surface area contributed by atoms with Gasteiger partial charge in [-0.25, -0.2) is 0 Å². The molecule has 0 saturated carbocycles. The van der Waals surface area contributed by atoms with Gasteiger partial charge in [0, 0.05) is 23.9 Å². The highest BCUT2D eigenvalue weighted by atomic mass is 32.2. The van der Waals surface area contributed by atoms with Gasteiger partial charge in [-0.15, -0.1) is 0 Å². The van der Waals surface area contributed by atoms with E-state index >= 15 is 0 Å². The van der Waals surface area contributed by atoms with E-state index in [9.17, 15) is 0 Å². The van der Waals surface area contributed by atoms with Crippen LogP contribution in [0.15, 0.2) is 24.3 Å². The quantitative estimate of drug-likeness (QED) is 0.805. The number of nitrogens with one attached hydrogen (secondary N) is 1. The molecule has 1 atom stereocenters. The second-order valence-electron chi connectivity index (χ2n) is 4.45. The molecular formula is C14H23NOS. The Hall–Kier alpha value is -0.670. The van der Waals surface area contributed by atoms with Crippen LogP contribution >= 0.6 is 11.8 Å². The average Bonchev–Trinajstić information content (AvgIpc) is 2.30. The second-order valence-corrected chi connectivity index (χ2v) is 5.73. The van der Waals surface area contributed by atoms with Gasteiger partial charge in [0.25, 0.3) is 0 Å². The minimum atomic E-state index is 0.223. The molecule has 3 heteroatoms. The van der Waals surface area contributed by atoms with E-state index in [-0.39, 0.29) is 6.10 Å². The van der Waals surface area contributed by atoms with Crippen LogP contribution in [0.4, 0.5) is 0 Å². The van der Waals surface area contributed by atoms with Crippen molar-refractivity contribution in [2.24, 2.45) is 0 Å². The predicted molar refractivity (Wildman–Crippen MR) is 76.9 cm³/mol. The van der Waals surface area contributed by atoms with E-state index in [1.807, 2.05) is 23.9 Å². The molecule has 0 saturated heterocycles. The van der Waals surface area contributed by atoms with Gasteiger partial charge >= 0.3 is 0 Å². The molecule has 0 aromatic heterocycles. The van der Waals surface area contributed by atoms with Crippen LogP contribution in [-0.2, 0) is 6.54 Å². The molecule has 1 aromatic carbocycles. The van der Waals surface area contributed by atoms with Gasteiger partial charge in [-0.1, -0.05) is 25.1 Å². The standard InChI is InChI=1S/C14H23NOS/c1-11(2)16-14-8-6-5-7-13(14)10-15-9-12(3)17-4/h5-8,11-12,15H,9-10H2,1-4H3. The maximum atomic E-state index is 5.78. The van der Waals surface area contributed by atoms with Crippen LogP contribution in [0.3, 0.4) is 0 Å². The van der Waals surface area contributed by atoms with Gasteiger partial charge in [-0.05, 0) is 26.2 Å². The second kappa shape index (κ2) is 7.62. The van der Waals surface area contributed by atoms with Crippen molar-refractivity contribution in [2.45, 2.75) is 38.7 Å². The van der Waals surface area contributed by atoms with Crippen LogP contribution in [-0.4, -0.2) is 24.2 Å². The maximum absolute atomic E-state index is 5.78. The Bertz CT molecular complexity index is 328. The fraction of sp³-hybridized carbons (Fsp3) is 0.571. The number of thioether (sulfide) groups is 1. The van der Waals surface area contributed by atoms with Crippen LogP contribution in [0.1, 0.15) is 26.3 Å². The maximum Gasteiger partial charge on any atom is 0.124 e. The summed E-state index contributed by atoms with van der Waals surface area (Å²) in [6.45, 7) is 8.24. The van der Waals surface area contributed by atoms with E-state index in [2.05, 4.69) is 44.5 Å². The summed E-state index contributed by atoms with van der Waals surface area (Å²) in [6.07, 6.45) is 2.36. The molecule has 0 fully saturated rings. The molecule has 1 N–H and O–H groups in total. The number of ether oxygens (including phenoxy) is 1. The Kier molecular flexibility index (Phi) is 6.45. The van der Waals surface area contributed by atoms with Crippen LogP contribution < -0.4 is 10.1 Å². The molecule has 1 rings (SSSR count). The van der Waals surface area contributed by atoms with Crippen LogP contribution in [0, 0.1) is 0 Å². The van der Waals surface area contributed by atoms with Gasteiger partial charge in [0.2, 0.25) is 0 Å². The number of hydrogen-bond acceptors (Lipinski definition) is 3. The number of hydrogen-bond donors (Lipinski definition) is 1. The summed E-state index contributed by atoms with van der Waals surface area (Å²) in [4.78, 5) is 0.